The van der Waals surface area contributed by atoms with E-state index in [0.717, 1.165) is 45.0 Å². The molecule has 0 aliphatic heterocycles. The molecule has 0 radical (unpaired) electrons. The number of hydrogen-bond donors (Lipinski definition) is 3. The van der Waals surface area contributed by atoms with Crippen molar-refractivity contribution in [1.82, 2.24) is 20.9 Å². The molecular weight excluding hydrogens is 294 g/mol. The molecule has 0 saturated heterocycles. The van der Waals surface area contributed by atoms with Crippen molar-refractivity contribution in [2.75, 3.05) is 26.2 Å². The standard InChI is InChI=1S/C16H31N5S/c1-6-13-12-20-14(22-13)8-9-18-15(17-7-2)19-10-11-21-16(3,4)5/h12,21H,6-11H2,1-5H3,(H2,17,18,19). The lowest BCUT2D eigenvalue weighted by atomic mass is 10.1. The first-order chi connectivity index (χ1) is 10.4. The number of aromatic nitrogens is 1. The Morgan fingerprint density at radius 2 is 2.00 bits per heavy atom. The molecule has 0 atom stereocenters. The van der Waals surface area contributed by atoms with Crippen LogP contribution in [0.5, 0.6) is 0 Å². The monoisotopic (exact) mass is 325 g/mol. The Morgan fingerprint density at radius 1 is 1.23 bits per heavy atom. The minimum absolute atomic E-state index is 0.142. The van der Waals surface area contributed by atoms with Crippen LogP contribution in [0.15, 0.2) is 11.2 Å². The zero-order valence-corrected chi connectivity index (χ0v) is 15.4. The van der Waals surface area contributed by atoms with Crippen LogP contribution in [0.2, 0.25) is 0 Å². The maximum absolute atomic E-state index is 4.58. The van der Waals surface area contributed by atoms with E-state index in [1.165, 1.54) is 9.88 Å². The molecular formula is C16H31N5S. The fourth-order valence-electron chi connectivity index (χ4n) is 1.86. The van der Waals surface area contributed by atoms with Gasteiger partial charge in [-0.05, 0) is 34.1 Å². The Kier molecular flexibility index (Phi) is 8.42. The number of hydrogen-bond acceptors (Lipinski definition) is 4. The van der Waals surface area contributed by atoms with Crippen molar-refractivity contribution >= 4 is 17.3 Å². The average Bonchev–Trinajstić information content (AvgIpc) is 2.90. The summed E-state index contributed by atoms with van der Waals surface area (Å²) in [4.78, 5) is 10.4. The summed E-state index contributed by atoms with van der Waals surface area (Å²) in [5.41, 5.74) is 0.142. The second-order valence-corrected chi connectivity index (χ2v) is 7.39. The second-order valence-electron chi connectivity index (χ2n) is 6.19. The van der Waals surface area contributed by atoms with Crippen molar-refractivity contribution in [2.45, 2.75) is 53.0 Å². The molecule has 5 nitrogen and oxygen atoms in total. The predicted octanol–water partition coefficient (Wildman–Crippen LogP) is 2.19. The summed E-state index contributed by atoms with van der Waals surface area (Å²) in [5.74, 6) is 0.880. The van der Waals surface area contributed by atoms with Crippen molar-refractivity contribution in [2.24, 2.45) is 4.99 Å². The molecule has 0 aliphatic rings. The first kappa shape index (κ1) is 18.9. The fourth-order valence-corrected chi connectivity index (χ4v) is 2.72. The summed E-state index contributed by atoms with van der Waals surface area (Å²) in [6.45, 7) is 14.1. The van der Waals surface area contributed by atoms with Crippen molar-refractivity contribution < 1.29 is 0 Å². The van der Waals surface area contributed by atoms with E-state index < -0.39 is 0 Å². The molecule has 0 amide bonds. The van der Waals surface area contributed by atoms with Gasteiger partial charge < -0.3 is 16.0 Å². The molecule has 22 heavy (non-hydrogen) atoms. The van der Waals surface area contributed by atoms with Gasteiger partial charge in [0, 0.05) is 42.7 Å². The molecule has 126 valence electrons. The minimum atomic E-state index is 0.142. The molecule has 3 N–H and O–H groups in total. The molecule has 1 aromatic rings. The molecule has 0 aromatic carbocycles. The van der Waals surface area contributed by atoms with Crippen LogP contribution in [-0.2, 0) is 12.8 Å². The lowest BCUT2D eigenvalue weighted by Crippen LogP contribution is -2.40. The van der Waals surface area contributed by atoms with Gasteiger partial charge in [0.05, 0.1) is 11.6 Å². The van der Waals surface area contributed by atoms with Crippen LogP contribution in [0, 0.1) is 0 Å². The van der Waals surface area contributed by atoms with Crippen LogP contribution in [-0.4, -0.2) is 42.7 Å². The SMILES string of the molecule is CCNC(=NCCNC(C)(C)C)NCCc1ncc(CC)s1. The van der Waals surface area contributed by atoms with Crippen LogP contribution in [0.25, 0.3) is 0 Å². The smallest absolute Gasteiger partial charge is 0.191 e. The van der Waals surface area contributed by atoms with Gasteiger partial charge in [0.15, 0.2) is 5.96 Å². The Balaban J connectivity index is 2.33. The largest absolute Gasteiger partial charge is 0.357 e. The summed E-state index contributed by atoms with van der Waals surface area (Å²) >= 11 is 1.80. The van der Waals surface area contributed by atoms with Gasteiger partial charge >= 0.3 is 0 Å². The van der Waals surface area contributed by atoms with Crippen LogP contribution in [0.1, 0.15) is 44.5 Å². The third kappa shape index (κ3) is 8.34. The molecule has 0 bridgehead atoms. The lowest BCUT2D eigenvalue weighted by Gasteiger charge is -2.19. The van der Waals surface area contributed by atoms with E-state index in [1.807, 2.05) is 6.20 Å². The molecule has 0 aliphatic carbocycles. The van der Waals surface area contributed by atoms with Crippen LogP contribution >= 0.6 is 11.3 Å². The fraction of sp³-hybridized carbons (Fsp3) is 0.750. The summed E-state index contributed by atoms with van der Waals surface area (Å²) in [6, 6.07) is 0. The van der Waals surface area contributed by atoms with E-state index in [0.29, 0.717) is 0 Å². The zero-order chi connectivity index (χ0) is 16.4. The number of rotatable bonds is 8. The van der Waals surface area contributed by atoms with Gasteiger partial charge in [0.1, 0.15) is 0 Å². The highest BCUT2D eigenvalue weighted by atomic mass is 32.1. The first-order valence-electron chi connectivity index (χ1n) is 8.15. The van der Waals surface area contributed by atoms with E-state index in [1.54, 1.807) is 11.3 Å². The van der Waals surface area contributed by atoms with Crippen molar-refractivity contribution in [1.29, 1.82) is 0 Å². The topological polar surface area (TPSA) is 61.3 Å². The van der Waals surface area contributed by atoms with Crippen molar-refractivity contribution in [3.63, 3.8) is 0 Å². The first-order valence-corrected chi connectivity index (χ1v) is 8.97. The molecule has 6 heteroatoms. The Hall–Kier alpha value is -1.14. The van der Waals surface area contributed by atoms with Gasteiger partial charge in [0.25, 0.3) is 0 Å². The zero-order valence-electron chi connectivity index (χ0n) is 14.6. The molecule has 0 saturated carbocycles. The van der Waals surface area contributed by atoms with E-state index in [-0.39, 0.29) is 5.54 Å². The molecule has 1 heterocycles. The van der Waals surface area contributed by atoms with E-state index in [9.17, 15) is 0 Å². The summed E-state index contributed by atoms with van der Waals surface area (Å²) in [5, 5.41) is 11.3. The summed E-state index contributed by atoms with van der Waals surface area (Å²) in [6.07, 6.45) is 3.99. The van der Waals surface area contributed by atoms with Gasteiger partial charge in [-0.1, -0.05) is 6.92 Å². The average molecular weight is 326 g/mol. The van der Waals surface area contributed by atoms with E-state index >= 15 is 0 Å². The second kappa shape index (κ2) is 9.79. The van der Waals surface area contributed by atoms with Gasteiger partial charge in [0.2, 0.25) is 0 Å². The number of thiazole rings is 1. The van der Waals surface area contributed by atoms with E-state index in [2.05, 4.69) is 60.5 Å². The van der Waals surface area contributed by atoms with Crippen molar-refractivity contribution in [3.05, 3.63) is 16.1 Å². The van der Waals surface area contributed by atoms with E-state index in [4.69, 9.17) is 0 Å². The molecule has 0 spiro atoms. The summed E-state index contributed by atoms with van der Waals surface area (Å²) < 4.78 is 0. The van der Waals surface area contributed by atoms with Gasteiger partial charge in [-0.25, -0.2) is 4.98 Å². The Bertz CT molecular complexity index is 448. The number of nitrogens with zero attached hydrogens (tertiary/aromatic N) is 2. The third-order valence-electron chi connectivity index (χ3n) is 2.96. The maximum atomic E-state index is 4.58. The number of guanidine groups is 1. The Labute approximate surface area is 139 Å². The molecule has 1 aromatic heterocycles. The van der Waals surface area contributed by atoms with Crippen LogP contribution in [0.3, 0.4) is 0 Å². The highest BCUT2D eigenvalue weighted by Crippen LogP contribution is 2.13. The highest BCUT2D eigenvalue weighted by molar-refractivity contribution is 7.11. The molecule has 0 unspecified atom stereocenters. The number of aliphatic imine (C=N–C) groups is 1. The van der Waals surface area contributed by atoms with Gasteiger partial charge in [-0.15, -0.1) is 11.3 Å². The van der Waals surface area contributed by atoms with Crippen molar-refractivity contribution in [3.8, 4) is 0 Å². The van der Waals surface area contributed by atoms with Gasteiger partial charge in [-0.3, -0.25) is 4.99 Å². The normalized spacial score (nSPS) is 12.5. The lowest BCUT2D eigenvalue weighted by molar-refractivity contribution is 0.432. The third-order valence-corrected chi connectivity index (χ3v) is 4.16. The minimum Gasteiger partial charge on any atom is -0.357 e. The van der Waals surface area contributed by atoms with Crippen LogP contribution < -0.4 is 16.0 Å². The number of aryl methyl sites for hydroxylation is 1. The predicted molar refractivity (Wildman–Crippen MR) is 96.9 cm³/mol. The quantitative estimate of drug-likeness (QED) is 0.389. The summed E-state index contributed by atoms with van der Waals surface area (Å²) in [7, 11) is 0. The molecule has 1 rings (SSSR count). The Morgan fingerprint density at radius 3 is 2.59 bits per heavy atom. The molecule has 0 fully saturated rings. The number of nitrogens with one attached hydrogen (secondary N) is 3. The highest BCUT2D eigenvalue weighted by Gasteiger charge is 2.07. The maximum Gasteiger partial charge on any atom is 0.191 e. The van der Waals surface area contributed by atoms with Crippen LogP contribution in [0.4, 0.5) is 0 Å². The van der Waals surface area contributed by atoms with Gasteiger partial charge in [-0.2, -0.15) is 0 Å².